The largest absolute Gasteiger partial charge is 0.481 e. The fourth-order valence-electron chi connectivity index (χ4n) is 1.01. The van der Waals surface area contributed by atoms with E-state index >= 15 is 0 Å². The van der Waals surface area contributed by atoms with Gasteiger partial charge in [0.15, 0.2) is 0 Å². The van der Waals surface area contributed by atoms with Gasteiger partial charge in [0.1, 0.15) is 0 Å². The molecular formula is C14H26N2O10S2. The molecule has 0 aliphatic rings. The van der Waals surface area contributed by atoms with Crippen LogP contribution in [0.1, 0.15) is 18.5 Å². The second-order valence-electron chi connectivity index (χ2n) is 4.93. The third-order valence-corrected chi connectivity index (χ3v) is 1.91. The van der Waals surface area contributed by atoms with E-state index in [0.717, 1.165) is 18.7 Å². The summed E-state index contributed by atoms with van der Waals surface area (Å²) >= 11 is 0. The van der Waals surface area contributed by atoms with Gasteiger partial charge >= 0.3 is 11.9 Å². The van der Waals surface area contributed by atoms with E-state index in [1.165, 1.54) is 0 Å². The number of rotatable bonds is 6. The average Bonchev–Trinajstić information content (AvgIpc) is 2.49. The first-order valence-electron chi connectivity index (χ1n) is 7.39. The Hall–Kier alpha value is -2.13. The molecule has 0 fully saturated rings. The standard InChI is InChI=1S/C8H12N2.C4H6O4.2CH4O3S/c1-9-7-5-8-4-2-3-6-10-8;5-3(6)1-2-4(7)8;2*1-5(2,3)4/h2-4,6,9H,5,7H2,1H3;1-2H2,(H,5,6)(H,7,8);2*1H3,(H,2,3,4). The van der Waals surface area contributed by atoms with Crippen molar-refractivity contribution in [2.45, 2.75) is 19.3 Å². The molecule has 0 aliphatic carbocycles. The van der Waals surface area contributed by atoms with Crippen LogP contribution in [0.4, 0.5) is 0 Å². The molecule has 0 aliphatic heterocycles. The summed E-state index contributed by atoms with van der Waals surface area (Å²) in [6.45, 7) is 0.997. The number of carboxylic acid groups (broad SMARTS) is 2. The summed E-state index contributed by atoms with van der Waals surface area (Å²) in [6, 6.07) is 5.98. The van der Waals surface area contributed by atoms with Gasteiger partial charge < -0.3 is 15.5 Å². The molecule has 0 atom stereocenters. The minimum Gasteiger partial charge on any atom is -0.481 e. The van der Waals surface area contributed by atoms with E-state index in [-0.39, 0.29) is 12.8 Å². The summed E-state index contributed by atoms with van der Waals surface area (Å²) in [5.74, 6) is -2.15. The van der Waals surface area contributed by atoms with E-state index in [2.05, 4.69) is 10.3 Å². The van der Waals surface area contributed by atoms with Crippen molar-refractivity contribution in [1.29, 1.82) is 0 Å². The Morgan fingerprint density at radius 3 is 1.61 bits per heavy atom. The highest BCUT2D eigenvalue weighted by Crippen LogP contribution is 1.92. The fraction of sp³-hybridized carbons (Fsp3) is 0.500. The number of carbonyl (C=O) groups is 2. The summed E-state index contributed by atoms with van der Waals surface area (Å²) in [4.78, 5) is 23.5. The van der Waals surface area contributed by atoms with Crippen molar-refractivity contribution < 1.29 is 45.7 Å². The normalized spacial score (nSPS) is 10.0. The van der Waals surface area contributed by atoms with Gasteiger partial charge in [-0.1, -0.05) is 6.07 Å². The summed E-state index contributed by atoms with van der Waals surface area (Å²) in [5.41, 5.74) is 1.15. The predicted octanol–water partition coefficient (Wildman–Crippen LogP) is -0.213. The quantitative estimate of drug-likeness (QED) is 0.359. The Morgan fingerprint density at radius 1 is 0.964 bits per heavy atom. The lowest BCUT2D eigenvalue weighted by Gasteiger charge is -1.96. The number of nitrogens with one attached hydrogen (secondary N) is 1. The van der Waals surface area contributed by atoms with Gasteiger partial charge in [0, 0.05) is 24.9 Å². The van der Waals surface area contributed by atoms with Gasteiger partial charge in [0.05, 0.1) is 25.4 Å². The number of aliphatic carboxylic acids is 2. The molecule has 0 radical (unpaired) electrons. The van der Waals surface area contributed by atoms with E-state index < -0.39 is 32.2 Å². The molecule has 0 amide bonds. The van der Waals surface area contributed by atoms with Crippen molar-refractivity contribution in [2.75, 3.05) is 26.1 Å². The SMILES string of the molecule is CNCCc1ccccn1.CS(=O)(=O)O.CS(=O)(=O)O.O=C(O)CCC(=O)O. The van der Waals surface area contributed by atoms with Crippen molar-refractivity contribution in [2.24, 2.45) is 0 Å². The van der Waals surface area contributed by atoms with E-state index in [1.807, 2.05) is 31.4 Å². The highest BCUT2D eigenvalue weighted by atomic mass is 32.2. The number of likely N-dealkylation sites (N-methyl/N-ethyl adjacent to an activating group) is 1. The second-order valence-corrected chi connectivity index (χ2v) is 7.86. The smallest absolute Gasteiger partial charge is 0.303 e. The number of carboxylic acids is 2. The van der Waals surface area contributed by atoms with Gasteiger partial charge in [-0.3, -0.25) is 23.7 Å². The minimum atomic E-state index is -3.67. The van der Waals surface area contributed by atoms with Crippen LogP contribution in [0.25, 0.3) is 0 Å². The third kappa shape index (κ3) is 56.5. The number of nitrogens with zero attached hydrogens (tertiary/aromatic N) is 1. The molecule has 1 aromatic heterocycles. The number of hydrogen-bond acceptors (Lipinski definition) is 8. The third-order valence-electron chi connectivity index (χ3n) is 1.91. The van der Waals surface area contributed by atoms with Crippen LogP contribution in [0, 0.1) is 0 Å². The molecule has 0 saturated carbocycles. The van der Waals surface area contributed by atoms with E-state index in [0.29, 0.717) is 12.5 Å². The zero-order valence-electron chi connectivity index (χ0n) is 15.6. The highest BCUT2D eigenvalue weighted by molar-refractivity contribution is 7.85. The molecule has 1 aromatic rings. The van der Waals surface area contributed by atoms with Crippen LogP contribution in [-0.4, -0.2) is 79.2 Å². The zero-order chi connectivity index (χ0) is 22.8. The lowest BCUT2D eigenvalue weighted by atomic mass is 10.3. The van der Waals surface area contributed by atoms with E-state index in [9.17, 15) is 26.4 Å². The lowest BCUT2D eigenvalue weighted by Crippen LogP contribution is -2.10. The number of aromatic nitrogens is 1. The van der Waals surface area contributed by atoms with Crippen LogP contribution in [-0.2, 0) is 36.2 Å². The molecule has 164 valence electrons. The Balaban J connectivity index is -0.000000313. The van der Waals surface area contributed by atoms with Gasteiger partial charge in [-0.05, 0) is 19.2 Å². The Kier molecular flexibility index (Phi) is 18.6. The van der Waals surface area contributed by atoms with Crippen molar-refractivity contribution in [3.63, 3.8) is 0 Å². The molecule has 14 heteroatoms. The first-order chi connectivity index (χ1) is 12.6. The summed E-state index contributed by atoms with van der Waals surface area (Å²) in [5, 5.41) is 18.9. The van der Waals surface area contributed by atoms with Crippen LogP contribution in [0.15, 0.2) is 24.4 Å². The monoisotopic (exact) mass is 446 g/mol. The van der Waals surface area contributed by atoms with Gasteiger partial charge in [-0.25, -0.2) is 0 Å². The van der Waals surface area contributed by atoms with E-state index in [1.54, 1.807) is 0 Å². The maximum absolute atomic E-state index is 9.64. The Labute approximate surface area is 164 Å². The molecular weight excluding hydrogens is 420 g/mol. The lowest BCUT2D eigenvalue weighted by molar-refractivity contribution is -0.143. The van der Waals surface area contributed by atoms with Crippen LogP contribution in [0.2, 0.25) is 0 Å². The molecule has 28 heavy (non-hydrogen) atoms. The van der Waals surface area contributed by atoms with Crippen LogP contribution < -0.4 is 5.32 Å². The number of pyridine rings is 1. The van der Waals surface area contributed by atoms with Crippen LogP contribution >= 0.6 is 0 Å². The molecule has 5 N–H and O–H groups in total. The molecule has 0 bridgehead atoms. The maximum Gasteiger partial charge on any atom is 0.303 e. The summed E-state index contributed by atoms with van der Waals surface area (Å²) in [6.07, 6.45) is 3.67. The van der Waals surface area contributed by atoms with Crippen molar-refractivity contribution in [3.05, 3.63) is 30.1 Å². The van der Waals surface area contributed by atoms with Crippen LogP contribution in [0.3, 0.4) is 0 Å². The molecule has 0 saturated heterocycles. The first kappa shape index (κ1) is 30.6. The fourth-order valence-corrected chi connectivity index (χ4v) is 1.01. The molecule has 1 rings (SSSR count). The molecule has 1 heterocycles. The average molecular weight is 447 g/mol. The zero-order valence-corrected chi connectivity index (χ0v) is 17.3. The molecule has 12 nitrogen and oxygen atoms in total. The minimum absolute atomic E-state index is 0.296. The summed E-state index contributed by atoms with van der Waals surface area (Å²) < 4.78 is 51.7. The van der Waals surface area contributed by atoms with Gasteiger partial charge in [0.2, 0.25) is 0 Å². The summed E-state index contributed by atoms with van der Waals surface area (Å²) in [7, 11) is -5.39. The molecule has 0 spiro atoms. The van der Waals surface area contributed by atoms with Crippen molar-refractivity contribution in [3.8, 4) is 0 Å². The number of hydrogen-bond donors (Lipinski definition) is 5. The van der Waals surface area contributed by atoms with Gasteiger partial charge in [-0.15, -0.1) is 0 Å². The predicted molar refractivity (Wildman–Crippen MR) is 101 cm³/mol. The van der Waals surface area contributed by atoms with Gasteiger partial charge in [-0.2, -0.15) is 16.8 Å². The molecule has 0 aromatic carbocycles. The first-order valence-corrected chi connectivity index (χ1v) is 11.1. The van der Waals surface area contributed by atoms with Crippen molar-refractivity contribution in [1.82, 2.24) is 10.3 Å². The topological polar surface area (TPSA) is 208 Å². The second kappa shape index (κ2) is 17.0. The van der Waals surface area contributed by atoms with Crippen LogP contribution in [0.5, 0.6) is 0 Å². The Bertz CT molecular complexity index is 690. The highest BCUT2D eigenvalue weighted by Gasteiger charge is 2.00. The van der Waals surface area contributed by atoms with E-state index in [4.69, 9.17) is 19.3 Å². The van der Waals surface area contributed by atoms with Crippen molar-refractivity contribution >= 4 is 32.2 Å². The Morgan fingerprint density at radius 2 is 1.36 bits per heavy atom. The van der Waals surface area contributed by atoms with Gasteiger partial charge in [0.25, 0.3) is 20.2 Å². The molecule has 0 unspecified atom stereocenters. The maximum atomic E-state index is 9.64.